The van der Waals surface area contributed by atoms with Gasteiger partial charge in [0.2, 0.25) is 11.8 Å². The van der Waals surface area contributed by atoms with E-state index in [1.54, 1.807) is 34.9 Å². The monoisotopic (exact) mass is 376 g/mol. The zero-order chi connectivity index (χ0) is 19.2. The summed E-state index contributed by atoms with van der Waals surface area (Å²) in [6.45, 7) is 3.90. The van der Waals surface area contributed by atoms with Gasteiger partial charge in [0.15, 0.2) is 0 Å². The lowest BCUT2D eigenvalue weighted by Crippen LogP contribution is -2.50. The second kappa shape index (κ2) is 8.61. The molecule has 1 fully saturated rings. The van der Waals surface area contributed by atoms with E-state index in [1.165, 1.54) is 6.07 Å². The van der Waals surface area contributed by atoms with E-state index in [2.05, 4.69) is 10.2 Å². The van der Waals surface area contributed by atoms with Crippen LogP contribution in [0, 0.1) is 5.82 Å². The maximum atomic E-state index is 13.8. The van der Waals surface area contributed by atoms with Crippen molar-refractivity contribution in [3.05, 3.63) is 36.0 Å². The van der Waals surface area contributed by atoms with Crippen LogP contribution < -0.4 is 0 Å². The number of aromatic nitrogens is 2. The Balaban J connectivity index is 1.49. The van der Waals surface area contributed by atoms with Crippen molar-refractivity contribution in [2.24, 2.45) is 0 Å². The number of hydrogen-bond donors (Lipinski definition) is 0. The molecule has 0 spiro atoms. The fourth-order valence-corrected chi connectivity index (χ4v) is 2.82. The standard InChI is InChI=1S/C18H21FN4O4/c1-2-26-18(25)23-11-9-22(10-12-23)16(24)8-7-15-20-21-17(27-15)13-5-3-4-6-14(13)19/h3-6H,2,7-12H2,1H3. The summed E-state index contributed by atoms with van der Waals surface area (Å²) in [6.07, 6.45) is 0.132. The lowest BCUT2D eigenvalue weighted by molar-refractivity contribution is -0.132. The Morgan fingerprint density at radius 1 is 1.15 bits per heavy atom. The maximum absolute atomic E-state index is 13.8. The zero-order valence-corrected chi connectivity index (χ0v) is 15.1. The van der Waals surface area contributed by atoms with Crippen LogP contribution in [0.2, 0.25) is 0 Å². The normalized spacial score (nSPS) is 14.3. The molecule has 0 atom stereocenters. The minimum absolute atomic E-state index is 0.0517. The highest BCUT2D eigenvalue weighted by Gasteiger charge is 2.25. The number of halogens is 1. The summed E-state index contributed by atoms with van der Waals surface area (Å²) >= 11 is 0. The van der Waals surface area contributed by atoms with Gasteiger partial charge in [-0.05, 0) is 19.1 Å². The Hall–Kier alpha value is -2.97. The zero-order valence-electron chi connectivity index (χ0n) is 15.1. The van der Waals surface area contributed by atoms with Crippen LogP contribution in [0.15, 0.2) is 28.7 Å². The van der Waals surface area contributed by atoms with Crippen LogP contribution in [0.5, 0.6) is 0 Å². The van der Waals surface area contributed by atoms with Crippen molar-refractivity contribution in [2.45, 2.75) is 19.8 Å². The molecule has 144 valence electrons. The first-order valence-electron chi connectivity index (χ1n) is 8.85. The number of hydrogen-bond acceptors (Lipinski definition) is 6. The first-order chi connectivity index (χ1) is 13.1. The summed E-state index contributed by atoms with van der Waals surface area (Å²) in [7, 11) is 0. The molecule has 1 saturated heterocycles. The number of benzene rings is 1. The summed E-state index contributed by atoms with van der Waals surface area (Å²) in [4.78, 5) is 27.3. The van der Waals surface area contributed by atoms with Crippen molar-refractivity contribution in [3.63, 3.8) is 0 Å². The summed E-state index contributed by atoms with van der Waals surface area (Å²) in [6, 6.07) is 6.14. The first-order valence-corrected chi connectivity index (χ1v) is 8.85. The van der Waals surface area contributed by atoms with E-state index < -0.39 is 5.82 Å². The van der Waals surface area contributed by atoms with Gasteiger partial charge in [0.05, 0.1) is 12.2 Å². The van der Waals surface area contributed by atoms with Crippen molar-refractivity contribution in [3.8, 4) is 11.5 Å². The van der Waals surface area contributed by atoms with Gasteiger partial charge < -0.3 is 19.0 Å². The summed E-state index contributed by atoms with van der Waals surface area (Å²) < 4.78 is 24.2. The van der Waals surface area contributed by atoms with Gasteiger partial charge in [0.25, 0.3) is 5.89 Å². The largest absolute Gasteiger partial charge is 0.450 e. The summed E-state index contributed by atoms with van der Waals surface area (Å²) in [5.74, 6) is -0.113. The van der Waals surface area contributed by atoms with Gasteiger partial charge in [0, 0.05) is 39.0 Å². The van der Waals surface area contributed by atoms with Crippen LogP contribution in [-0.4, -0.2) is 64.8 Å². The van der Waals surface area contributed by atoms with Crippen LogP contribution >= 0.6 is 0 Å². The second-order valence-corrected chi connectivity index (χ2v) is 6.05. The third kappa shape index (κ3) is 4.60. The summed E-state index contributed by atoms with van der Waals surface area (Å²) in [5, 5.41) is 7.73. The summed E-state index contributed by atoms with van der Waals surface area (Å²) in [5.41, 5.74) is 0.234. The average molecular weight is 376 g/mol. The van der Waals surface area contributed by atoms with Crippen LogP contribution in [0.4, 0.5) is 9.18 Å². The Morgan fingerprint density at radius 2 is 1.85 bits per heavy atom. The molecule has 27 heavy (non-hydrogen) atoms. The van der Waals surface area contributed by atoms with E-state index in [0.29, 0.717) is 32.8 Å². The van der Waals surface area contributed by atoms with E-state index in [4.69, 9.17) is 9.15 Å². The van der Waals surface area contributed by atoms with Crippen LogP contribution in [0.1, 0.15) is 19.2 Å². The number of piperazine rings is 1. The van der Waals surface area contributed by atoms with Gasteiger partial charge in [-0.1, -0.05) is 12.1 Å². The van der Waals surface area contributed by atoms with Gasteiger partial charge in [-0.2, -0.15) is 0 Å². The first kappa shape index (κ1) is 18.8. The van der Waals surface area contributed by atoms with Crippen molar-refractivity contribution < 1.29 is 23.1 Å². The molecular formula is C18H21FN4O4. The SMILES string of the molecule is CCOC(=O)N1CCN(C(=O)CCc2nnc(-c3ccccc3F)o2)CC1. The fourth-order valence-electron chi connectivity index (χ4n) is 2.82. The minimum Gasteiger partial charge on any atom is -0.450 e. The molecule has 1 aliphatic heterocycles. The molecule has 0 aliphatic carbocycles. The highest BCUT2D eigenvalue weighted by molar-refractivity contribution is 5.77. The molecule has 0 saturated carbocycles. The maximum Gasteiger partial charge on any atom is 0.409 e. The van der Waals surface area contributed by atoms with Gasteiger partial charge in [-0.25, -0.2) is 9.18 Å². The Bertz CT molecular complexity index is 802. The minimum atomic E-state index is -0.441. The Morgan fingerprint density at radius 3 is 2.56 bits per heavy atom. The van der Waals surface area contributed by atoms with Gasteiger partial charge in [0.1, 0.15) is 5.82 Å². The number of ether oxygens (including phenoxy) is 1. The van der Waals surface area contributed by atoms with Crippen molar-refractivity contribution in [2.75, 3.05) is 32.8 Å². The lowest BCUT2D eigenvalue weighted by atomic mass is 10.2. The van der Waals surface area contributed by atoms with E-state index in [9.17, 15) is 14.0 Å². The average Bonchev–Trinajstić information content (AvgIpc) is 3.15. The molecule has 1 aromatic heterocycles. The lowest BCUT2D eigenvalue weighted by Gasteiger charge is -2.34. The van der Waals surface area contributed by atoms with E-state index in [-0.39, 0.29) is 42.2 Å². The molecule has 1 aromatic carbocycles. The number of nitrogens with zero attached hydrogens (tertiary/aromatic N) is 4. The molecule has 2 aromatic rings. The van der Waals surface area contributed by atoms with Crippen LogP contribution in [0.25, 0.3) is 11.5 Å². The number of carbonyl (C=O) groups is 2. The molecular weight excluding hydrogens is 355 g/mol. The highest BCUT2D eigenvalue weighted by Crippen LogP contribution is 2.21. The van der Waals surface area contributed by atoms with Crippen molar-refractivity contribution in [1.29, 1.82) is 0 Å². The van der Waals surface area contributed by atoms with E-state index in [1.807, 2.05) is 0 Å². The second-order valence-electron chi connectivity index (χ2n) is 6.05. The number of carbonyl (C=O) groups excluding carboxylic acids is 2. The molecule has 2 amide bonds. The third-order valence-corrected chi connectivity index (χ3v) is 4.28. The predicted octanol–water partition coefficient (Wildman–Crippen LogP) is 2.11. The van der Waals surface area contributed by atoms with E-state index in [0.717, 1.165) is 0 Å². The molecule has 2 heterocycles. The quantitative estimate of drug-likeness (QED) is 0.794. The predicted molar refractivity (Wildman–Crippen MR) is 93.2 cm³/mol. The fraction of sp³-hybridized carbons (Fsp3) is 0.444. The smallest absolute Gasteiger partial charge is 0.409 e. The van der Waals surface area contributed by atoms with E-state index >= 15 is 0 Å². The highest BCUT2D eigenvalue weighted by atomic mass is 19.1. The Kier molecular flexibility index (Phi) is 6.00. The molecule has 0 N–H and O–H groups in total. The Labute approximate surface area is 155 Å². The molecule has 1 aliphatic rings. The van der Waals surface area contributed by atoms with Crippen LogP contribution in [0.3, 0.4) is 0 Å². The molecule has 8 nitrogen and oxygen atoms in total. The van der Waals surface area contributed by atoms with Gasteiger partial charge >= 0.3 is 6.09 Å². The van der Waals surface area contributed by atoms with Gasteiger partial charge in [-0.3, -0.25) is 4.79 Å². The molecule has 3 rings (SSSR count). The number of rotatable bonds is 5. The van der Waals surface area contributed by atoms with Crippen molar-refractivity contribution >= 4 is 12.0 Å². The van der Waals surface area contributed by atoms with Crippen LogP contribution in [-0.2, 0) is 16.0 Å². The van der Waals surface area contributed by atoms with Crippen molar-refractivity contribution in [1.82, 2.24) is 20.0 Å². The third-order valence-electron chi connectivity index (χ3n) is 4.28. The topological polar surface area (TPSA) is 88.8 Å². The molecule has 0 unspecified atom stereocenters. The number of aryl methyl sites for hydroxylation is 1. The molecule has 0 radical (unpaired) electrons. The molecule has 9 heteroatoms. The van der Waals surface area contributed by atoms with Gasteiger partial charge in [-0.15, -0.1) is 10.2 Å². The molecule has 0 bridgehead atoms. The number of amides is 2.